The van der Waals surface area contributed by atoms with E-state index in [2.05, 4.69) is 0 Å². The number of rotatable bonds is 6. The summed E-state index contributed by atoms with van der Waals surface area (Å²) in [6.07, 6.45) is 0.560. The first-order valence-electron chi connectivity index (χ1n) is 9.48. The Balaban J connectivity index is 1.85. The van der Waals surface area contributed by atoms with E-state index in [-0.39, 0.29) is 0 Å². The van der Waals surface area contributed by atoms with Gasteiger partial charge < -0.3 is 14.2 Å². The number of carbonyl (C=O) groups is 2. The summed E-state index contributed by atoms with van der Waals surface area (Å²) in [5.74, 6) is -2.68. The van der Waals surface area contributed by atoms with Crippen LogP contribution in [-0.4, -0.2) is 17.7 Å². The fourth-order valence-electron chi connectivity index (χ4n) is 3.50. The summed E-state index contributed by atoms with van der Waals surface area (Å²) in [6, 6.07) is 17.4. The van der Waals surface area contributed by atoms with Gasteiger partial charge >= 0.3 is 11.9 Å². The lowest BCUT2D eigenvalue weighted by Crippen LogP contribution is -2.53. The number of cyclic esters (lactones) is 2. The fraction of sp³-hybridized carbons (Fsp3) is 0.391. The average Bonchev–Trinajstić information content (AvgIpc) is 2.65. The Kier molecular flexibility index (Phi) is 5.45. The van der Waals surface area contributed by atoms with Crippen molar-refractivity contribution < 1.29 is 23.8 Å². The van der Waals surface area contributed by atoms with Crippen LogP contribution in [0.4, 0.5) is 0 Å². The Labute approximate surface area is 165 Å². The molecule has 148 valence electrons. The summed E-state index contributed by atoms with van der Waals surface area (Å²) < 4.78 is 16.6. The molecule has 28 heavy (non-hydrogen) atoms. The number of esters is 2. The van der Waals surface area contributed by atoms with E-state index in [1.807, 2.05) is 68.4 Å². The van der Waals surface area contributed by atoms with Gasteiger partial charge in [0, 0.05) is 19.3 Å². The van der Waals surface area contributed by atoms with Crippen molar-refractivity contribution in [3.63, 3.8) is 0 Å². The molecular weight excluding hydrogens is 356 g/mol. The fourth-order valence-corrected chi connectivity index (χ4v) is 3.50. The zero-order valence-corrected chi connectivity index (χ0v) is 16.7. The summed E-state index contributed by atoms with van der Waals surface area (Å²) in [5, 5.41) is 0. The second-order valence-corrected chi connectivity index (χ2v) is 7.75. The van der Waals surface area contributed by atoms with Crippen LogP contribution < -0.4 is 4.74 Å². The molecule has 0 spiro atoms. The zero-order valence-electron chi connectivity index (χ0n) is 16.7. The van der Waals surface area contributed by atoms with Gasteiger partial charge in [0.2, 0.25) is 0 Å². The highest BCUT2D eigenvalue weighted by Crippen LogP contribution is 2.41. The third kappa shape index (κ3) is 4.03. The standard InChI is InChI=1S/C23H26O5/c1-5-23(4,19-20(24)27-22(2,3)28-21(19)25)17-12-9-13-18(14-17)26-15-16-10-7-6-8-11-16/h6-14,19H,5,15H2,1-4H3. The normalized spacial score (nSPS) is 18.7. The third-order valence-electron chi connectivity index (χ3n) is 5.28. The van der Waals surface area contributed by atoms with Gasteiger partial charge in [0.1, 0.15) is 12.4 Å². The molecule has 1 aliphatic heterocycles. The van der Waals surface area contributed by atoms with Crippen LogP contribution in [-0.2, 0) is 31.1 Å². The average molecular weight is 382 g/mol. The van der Waals surface area contributed by atoms with Gasteiger partial charge in [0.05, 0.1) is 0 Å². The molecule has 5 nitrogen and oxygen atoms in total. The van der Waals surface area contributed by atoms with Crippen molar-refractivity contribution in [3.8, 4) is 5.75 Å². The molecule has 1 heterocycles. The lowest BCUT2D eigenvalue weighted by atomic mass is 9.69. The minimum atomic E-state index is -1.24. The second-order valence-electron chi connectivity index (χ2n) is 7.75. The van der Waals surface area contributed by atoms with Gasteiger partial charge in [0.15, 0.2) is 5.92 Å². The molecule has 1 atom stereocenters. The molecule has 1 unspecified atom stereocenters. The van der Waals surface area contributed by atoms with Crippen LogP contribution in [0, 0.1) is 5.92 Å². The first-order chi connectivity index (χ1) is 13.2. The van der Waals surface area contributed by atoms with Gasteiger partial charge in [-0.25, -0.2) is 0 Å². The molecule has 0 aliphatic carbocycles. The quantitative estimate of drug-likeness (QED) is 0.548. The molecular formula is C23H26O5. The van der Waals surface area contributed by atoms with Crippen LogP contribution in [0.15, 0.2) is 54.6 Å². The maximum atomic E-state index is 12.6. The highest BCUT2D eigenvalue weighted by Gasteiger charge is 2.52. The Morgan fingerprint density at radius 2 is 1.64 bits per heavy atom. The zero-order chi connectivity index (χ0) is 20.4. The van der Waals surface area contributed by atoms with Crippen molar-refractivity contribution in [2.24, 2.45) is 5.92 Å². The molecule has 1 fully saturated rings. The number of hydrogen-bond acceptors (Lipinski definition) is 5. The van der Waals surface area contributed by atoms with E-state index in [0.29, 0.717) is 18.8 Å². The molecule has 0 radical (unpaired) electrons. The third-order valence-corrected chi connectivity index (χ3v) is 5.28. The van der Waals surface area contributed by atoms with Gasteiger partial charge in [-0.1, -0.05) is 56.3 Å². The van der Waals surface area contributed by atoms with E-state index in [9.17, 15) is 9.59 Å². The number of hydrogen-bond donors (Lipinski definition) is 0. The largest absolute Gasteiger partial charge is 0.489 e. The summed E-state index contributed by atoms with van der Waals surface area (Å²) in [4.78, 5) is 25.3. The van der Waals surface area contributed by atoms with Crippen LogP contribution in [0.5, 0.6) is 5.75 Å². The van der Waals surface area contributed by atoms with Crippen molar-refractivity contribution in [3.05, 3.63) is 65.7 Å². The van der Waals surface area contributed by atoms with Gasteiger partial charge in [-0.2, -0.15) is 0 Å². The Bertz CT molecular complexity index is 838. The molecule has 0 aromatic heterocycles. The number of ether oxygens (including phenoxy) is 3. The smallest absolute Gasteiger partial charge is 0.324 e. The molecule has 0 N–H and O–H groups in total. The van der Waals surface area contributed by atoms with Crippen molar-refractivity contribution in [2.45, 2.75) is 51.9 Å². The maximum Gasteiger partial charge on any atom is 0.324 e. The van der Waals surface area contributed by atoms with E-state index >= 15 is 0 Å². The Morgan fingerprint density at radius 3 is 2.25 bits per heavy atom. The molecule has 0 amide bonds. The van der Waals surface area contributed by atoms with Crippen molar-refractivity contribution >= 4 is 11.9 Å². The van der Waals surface area contributed by atoms with Crippen molar-refractivity contribution in [1.29, 1.82) is 0 Å². The summed E-state index contributed by atoms with van der Waals surface area (Å²) in [5.41, 5.74) is 1.13. The number of carbonyl (C=O) groups excluding carboxylic acids is 2. The summed E-state index contributed by atoms with van der Waals surface area (Å²) >= 11 is 0. The Morgan fingerprint density at radius 1 is 1.00 bits per heavy atom. The molecule has 3 rings (SSSR count). The molecule has 0 bridgehead atoms. The first-order valence-corrected chi connectivity index (χ1v) is 9.48. The van der Waals surface area contributed by atoms with Gasteiger partial charge in [0.25, 0.3) is 5.79 Å². The van der Waals surface area contributed by atoms with Crippen LogP contribution >= 0.6 is 0 Å². The number of benzene rings is 2. The van der Waals surface area contributed by atoms with Gasteiger partial charge in [-0.15, -0.1) is 0 Å². The molecule has 1 saturated heterocycles. The van der Waals surface area contributed by atoms with Crippen molar-refractivity contribution in [1.82, 2.24) is 0 Å². The van der Waals surface area contributed by atoms with Crippen molar-refractivity contribution in [2.75, 3.05) is 0 Å². The maximum absolute atomic E-state index is 12.6. The molecule has 1 aliphatic rings. The predicted octanol–water partition coefficient (Wildman–Crippen LogP) is 4.39. The lowest BCUT2D eigenvalue weighted by molar-refractivity contribution is -0.243. The minimum absolute atomic E-state index is 0.439. The molecule has 2 aromatic carbocycles. The molecule has 2 aromatic rings. The molecule has 0 saturated carbocycles. The highest BCUT2D eigenvalue weighted by atomic mass is 16.7. The van der Waals surface area contributed by atoms with E-state index in [0.717, 1.165) is 11.1 Å². The van der Waals surface area contributed by atoms with Crippen LogP contribution in [0.2, 0.25) is 0 Å². The lowest BCUT2D eigenvalue weighted by Gasteiger charge is -2.41. The summed E-state index contributed by atoms with van der Waals surface area (Å²) in [7, 11) is 0. The highest BCUT2D eigenvalue weighted by molar-refractivity contribution is 5.98. The monoisotopic (exact) mass is 382 g/mol. The van der Waals surface area contributed by atoms with Crippen LogP contribution in [0.25, 0.3) is 0 Å². The summed E-state index contributed by atoms with van der Waals surface area (Å²) in [6.45, 7) is 7.38. The predicted molar refractivity (Wildman–Crippen MR) is 105 cm³/mol. The van der Waals surface area contributed by atoms with Crippen LogP contribution in [0.1, 0.15) is 45.2 Å². The van der Waals surface area contributed by atoms with E-state index in [1.54, 1.807) is 13.8 Å². The SMILES string of the molecule is CCC(C)(c1cccc(OCc2ccccc2)c1)C1C(=O)OC(C)(C)OC1=O. The van der Waals surface area contributed by atoms with E-state index < -0.39 is 29.1 Å². The van der Waals surface area contributed by atoms with E-state index in [1.165, 1.54) is 0 Å². The first kappa shape index (κ1) is 19.9. The Hall–Kier alpha value is -2.82. The topological polar surface area (TPSA) is 61.8 Å². The van der Waals surface area contributed by atoms with Crippen LogP contribution in [0.3, 0.4) is 0 Å². The van der Waals surface area contributed by atoms with E-state index in [4.69, 9.17) is 14.2 Å². The molecule has 5 heteroatoms. The second kappa shape index (κ2) is 7.66. The van der Waals surface area contributed by atoms with Gasteiger partial charge in [-0.05, 0) is 29.7 Å². The van der Waals surface area contributed by atoms with Gasteiger partial charge in [-0.3, -0.25) is 9.59 Å². The minimum Gasteiger partial charge on any atom is -0.489 e.